The maximum absolute atomic E-state index is 13.9. The lowest BCUT2D eigenvalue weighted by molar-refractivity contribution is -0.387. The van der Waals surface area contributed by atoms with E-state index in [1.54, 1.807) is 18.2 Å². The number of ether oxygens (including phenoxy) is 2. The summed E-state index contributed by atoms with van der Waals surface area (Å²) in [6.07, 6.45) is 3.36. The number of esters is 1. The molecule has 0 radical (unpaired) electrons. The Bertz CT molecular complexity index is 1260. The predicted molar refractivity (Wildman–Crippen MR) is 120 cm³/mol. The van der Waals surface area contributed by atoms with E-state index in [0.717, 1.165) is 28.8 Å². The summed E-state index contributed by atoms with van der Waals surface area (Å²) in [4.78, 5) is 30.9. The quantitative estimate of drug-likeness (QED) is 0.308. The number of anilines is 2. The third kappa shape index (κ3) is 4.95. The molecule has 170 valence electrons. The maximum Gasteiger partial charge on any atom is 0.337 e. The second kappa shape index (κ2) is 9.86. The summed E-state index contributed by atoms with van der Waals surface area (Å²) in [5, 5.41) is 14.0. The Kier molecular flexibility index (Phi) is 6.97. The number of aromatic nitrogens is 2. The summed E-state index contributed by atoms with van der Waals surface area (Å²) in [5.74, 6) is -1.30. The van der Waals surface area contributed by atoms with E-state index in [2.05, 4.69) is 15.3 Å². The molecule has 0 saturated heterocycles. The Morgan fingerprint density at radius 3 is 2.61 bits per heavy atom. The summed E-state index contributed by atoms with van der Waals surface area (Å²) in [7, 11) is 2.63. The Hall–Kier alpha value is -4.34. The van der Waals surface area contributed by atoms with Crippen molar-refractivity contribution in [1.29, 1.82) is 0 Å². The van der Waals surface area contributed by atoms with Gasteiger partial charge in [0.25, 0.3) is 0 Å². The minimum Gasteiger partial charge on any atom is -0.494 e. The number of halogens is 1. The number of nitro groups is 1. The fourth-order valence-corrected chi connectivity index (χ4v) is 3.24. The first kappa shape index (κ1) is 23.3. The summed E-state index contributed by atoms with van der Waals surface area (Å²) in [6.45, 7) is 3.74. The molecular formula is C23H21FN4O5. The number of benzene rings is 2. The Morgan fingerprint density at radius 2 is 1.97 bits per heavy atom. The number of carbonyl (C=O) groups is 1. The zero-order chi connectivity index (χ0) is 24.1. The van der Waals surface area contributed by atoms with Gasteiger partial charge >= 0.3 is 11.7 Å². The van der Waals surface area contributed by atoms with Gasteiger partial charge in [0, 0.05) is 23.9 Å². The number of nitro benzene ring substituents is 1. The van der Waals surface area contributed by atoms with Gasteiger partial charge < -0.3 is 14.8 Å². The zero-order valence-corrected chi connectivity index (χ0v) is 18.4. The third-order valence-corrected chi connectivity index (χ3v) is 4.88. The first-order valence-electron chi connectivity index (χ1n) is 9.77. The van der Waals surface area contributed by atoms with E-state index in [-0.39, 0.29) is 17.4 Å². The molecule has 0 atom stereocenters. The average Bonchev–Trinajstić information content (AvgIpc) is 2.81. The molecule has 0 aliphatic rings. The number of hydrogen-bond donors (Lipinski definition) is 1. The molecule has 1 heterocycles. The van der Waals surface area contributed by atoms with E-state index >= 15 is 0 Å². The molecule has 9 nitrogen and oxygen atoms in total. The lowest BCUT2D eigenvalue weighted by Gasteiger charge is -2.14. The van der Waals surface area contributed by atoms with Gasteiger partial charge in [0.1, 0.15) is 5.75 Å². The molecule has 0 unspecified atom stereocenters. The van der Waals surface area contributed by atoms with Gasteiger partial charge in [-0.3, -0.25) is 10.1 Å². The first-order valence-corrected chi connectivity index (χ1v) is 9.77. The van der Waals surface area contributed by atoms with Gasteiger partial charge in [-0.05, 0) is 43.2 Å². The lowest BCUT2D eigenvalue weighted by atomic mass is 9.95. The van der Waals surface area contributed by atoms with Crippen LogP contribution in [0.15, 0.2) is 48.7 Å². The molecule has 0 saturated carbocycles. The molecule has 0 spiro atoms. The van der Waals surface area contributed by atoms with Crippen molar-refractivity contribution in [3.05, 3.63) is 87.0 Å². The molecule has 2 aromatic carbocycles. The number of allylic oxidation sites excluding steroid dienone is 1. The van der Waals surface area contributed by atoms with Crippen LogP contribution in [0.25, 0.3) is 5.57 Å². The van der Waals surface area contributed by atoms with Crippen LogP contribution in [0.5, 0.6) is 5.75 Å². The lowest BCUT2D eigenvalue weighted by Crippen LogP contribution is -2.05. The van der Waals surface area contributed by atoms with Crippen molar-refractivity contribution < 1.29 is 23.6 Å². The van der Waals surface area contributed by atoms with E-state index in [0.29, 0.717) is 11.3 Å². The minimum atomic E-state index is -1.02. The number of methoxy groups -OCH3 is 2. The fraction of sp³-hybridized carbons (Fsp3) is 0.174. The molecule has 3 aromatic rings. The monoisotopic (exact) mass is 452 g/mol. The average molecular weight is 452 g/mol. The Morgan fingerprint density at radius 1 is 1.21 bits per heavy atom. The van der Waals surface area contributed by atoms with Gasteiger partial charge in [0.05, 0.1) is 36.1 Å². The highest BCUT2D eigenvalue weighted by molar-refractivity contribution is 5.92. The van der Waals surface area contributed by atoms with Gasteiger partial charge in [-0.2, -0.15) is 4.39 Å². The van der Waals surface area contributed by atoms with Crippen LogP contribution in [0, 0.1) is 22.9 Å². The molecule has 1 aromatic heterocycles. The van der Waals surface area contributed by atoms with E-state index in [4.69, 9.17) is 9.47 Å². The summed E-state index contributed by atoms with van der Waals surface area (Å²) in [6, 6.07) is 8.84. The summed E-state index contributed by atoms with van der Waals surface area (Å²) < 4.78 is 23.9. The van der Waals surface area contributed by atoms with E-state index < -0.39 is 22.4 Å². The molecule has 33 heavy (non-hydrogen) atoms. The van der Waals surface area contributed by atoms with Crippen molar-refractivity contribution in [1.82, 2.24) is 9.97 Å². The van der Waals surface area contributed by atoms with Gasteiger partial charge in [-0.15, -0.1) is 0 Å². The number of nitrogens with zero attached hydrogens (tertiary/aromatic N) is 3. The minimum absolute atomic E-state index is 0.0555. The highest BCUT2D eigenvalue weighted by Gasteiger charge is 2.20. The van der Waals surface area contributed by atoms with Crippen LogP contribution in [-0.4, -0.2) is 35.1 Å². The molecule has 1 N–H and O–H groups in total. The Balaban J connectivity index is 2.02. The van der Waals surface area contributed by atoms with Crippen molar-refractivity contribution in [2.24, 2.45) is 0 Å². The number of aryl methyl sites for hydroxylation is 1. The second-order valence-electron chi connectivity index (χ2n) is 6.88. The normalized spacial score (nSPS) is 11.1. The van der Waals surface area contributed by atoms with Crippen LogP contribution in [0.4, 0.5) is 21.7 Å². The number of nitrogens with one attached hydrogen (secondary N) is 1. The maximum atomic E-state index is 13.9. The largest absolute Gasteiger partial charge is 0.494 e. The van der Waals surface area contributed by atoms with Crippen LogP contribution in [0.1, 0.15) is 34.1 Å². The van der Waals surface area contributed by atoms with Gasteiger partial charge in [-0.25, -0.2) is 14.8 Å². The van der Waals surface area contributed by atoms with Crippen molar-refractivity contribution in [3.8, 4) is 5.75 Å². The smallest absolute Gasteiger partial charge is 0.337 e. The van der Waals surface area contributed by atoms with Gasteiger partial charge in [-0.1, -0.05) is 12.1 Å². The highest BCUT2D eigenvalue weighted by Crippen LogP contribution is 2.33. The van der Waals surface area contributed by atoms with Crippen molar-refractivity contribution in [3.63, 3.8) is 0 Å². The van der Waals surface area contributed by atoms with Crippen LogP contribution in [0.2, 0.25) is 0 Å². The highest BCUT2D eigenvalue weighted by atomic mass is 19.1. The molecule has 0 aliphatic carbocycles. The molecule has 0 fully saturated rings. The Labute approximate surface area is 189 Å². The van der Waals surface area contributed by atoms with Crippen LogP contribution >= 0.6 is 0 Å². The molecule has 0 amide bonds. The van der Waals surface area contributed by atoms with Crippen molar-refractivity contribution in [2.45, 2.75) is 13.8 Å². The van der Waals surface area contributed by atoms with Gasteiger partial charge in [0.15, 0.2) is 0 Å². The molecular weight excluding hydrogens is 431 g/mol. The fourth-order valence-electron chi connectivity index (χ4n) is 3.24. The van der Waals surface area contributed by atoms with E-state index in [1.165, 1.54) is 20.4 Å². The SMILES string of the molecule is C/C=C(/c1ccnc(Nc2cc([N+](=O)[O-])c(F)cc2OC)n1)c1cc(C(=O)OC)ccc1C. The molecule has 0 aliphatic heterocycles. The zero-order valence-electron chi connectivity index (χ0n) is 18.4. The third-order valence-electron chi connectivity index (χ3n) is 4.88. The number of hydrogen-bond acceptors (Lipinski definition) is 8. The summed E-state index contributed by atoms with van der Waals surface area (Å²) in [5.41, 5.74) is 2.79. The van der Waals surface area contributed by atoms with Crippen molar-refractivity contribution >= 4 is 28.9 Å². The molecule has 0 bridgehead atoms. The molecule has 3 rings (SSSR count). The first-order chi connectivity index (χ1) is 15.8. The summed E-state index contributed by atoms with van der Waals surface area (Å²) >= 11 is 0. The predicted octanol–water partition coefficient (Wildman–Crippen LogP) is 4.82. The standard InChI is InChI=1S/C23H21FN4O5/c1-5-15(16-10-14(22(29)33-4)7-6-13(16)2)18-8-9-25-23(26-18)27-19-12-20(28(30)31)17(24)11-21(19)32-3/h5-12H,1-4H3,(H,25,26,27)/b15-5+. The van der Waals surface area contributed by atoms with Crippen LogP contribution in [0.3, 0.4) is 0 Å². The second-order valence-corrected chi connectivity index (χ2v) is 6.88. The van der Waals surface area contributed by atoms with Crippen molar-refractivity contribution in [2.75, 3.05) is 19.5 Å². The van der Waals surface area contributed by atoms with E-state index in [1.807, 2.05) is 26.0 Å². The van der Waals surface area contributed by atoms with E-state index in [9.17, 15) is 19.3 Å². The van der Waals surface area contributed by atoms with Gasteiger partial charge in [0.2, 0.25) is 11.8 Å². The number of carbonyl (C=O) groups excluding carboxylic acids is 1. The molecule has 10 heteroatoms. The topological polar surface area (TPSA) is 116 Å². The number of rotatable bonds is 7. The van der Waals surface area contributed by atoms with Crippen LogP contribution in [-0.2, 0) is 4.74 Å². The van der Waals surface area contributed by atoms with Crippen LogP contribution < -0.4 is 10.1 Å².